The number of carbonyl (C=O) groups excluding carboxylic acids is 1. The zero-order chi connectivity index (χ0) is 16.8. The standard InChI is InChI=1S/C18H30N4O/c1-3-4-5-9-13-20-18(19-2)21-14-12-17(23)22-15-16-10-7-6-8-11-16/h6-8,10-11H,3-5,9,12-15H2,1-2H3,(H,22,23)(H2,19,20,21). The number of nitrogens with one attached hydrogen (secondary N) is 3. The first-order valence-corrected chi connectivity index (χ1v) is 8.51. The van der Waals surface area contributed by atoms with Crippen molar-refractivity contribution in [1.29, 1.82) is 0 Å². The first kappa shape index (κ1) is 19.0. The van der Waals surface area contributed by atoms with E-state index in [2.05, 4.69) is 27.9 Å². The van der Waals surface area contributed by atoms with E-state index in [9.17, 15) is 4.79 Å². The van der Waals surface area contributed by atoms with Crippen molar-refractivity contribution in [2.75, 3.05) is 20.1 Å². The van der Waals surface area contributed by atoms with Gasteiger partial charge in [0.2, 0.25) is 5.91 Å². The number of hydrogen-bond acceptors (Lipinski definition) is 2. The van der Waals surface area contributed by atoms with Gasteiger partial charge in [-0.25, -0.2) is 0 Å². The van der Waals surface area contributed by atoms with E-state index in [4.69, 9.17) is 0 Å². The Morgan fingerprint density at radius 1 is 1.00 bits per heavy atom. The van der Waals surface area contributed by atoms with E-state index in [1.807, 2.05) is 30.3 Å². The van der Waals surface area contributed by atoms with Crippen LogP contribution in [-0.4, -0.2) is 32.0 Å². The number of benzene rings is 1. The van der Waals surface area contributed by atoms with E-state index in [1.54, 1.807) is 7.05 Å². The Labute approximate surface area is 140 Å². The number of hydrogen-bond donors (Lipinski definition) is 3. The van der Waals surface area contributed by atoms with Crippen LogP contribution < -0.4 is 16.0 Å². The molecule has 3 N–H and O–H groups in total. The summed E-state index contributed by atoms with van der Waals surface area (Å²) in [6.07, 6.45) is 5.33. The highest BCUT2D eigenvalue weighted by atomic mass is 16.1. The Kier molecular flexibility index (Phi) is 10.3. The number of unbranched alkanes of at least 4 members (excludes halogenated alkanes) is 3. The summed E-state index contributed by atoms with van der Waals surface area (Å²) in [5.41, 5.74) is 1.11. The predicted molar refractivity (Wildman–Crippen MR) is 96.4 cm³/mol. The largest absolute Gasteiger partial charge is 0.356 e. The van der Waals surface area contributed by atoms with E-state index in [0.717, 1.165) is 24.5 Å². The van der Waals surface area contributed by atoms with Gasteiger partial charge in [0, 0.05) is 33.1 Å². The lowest BCUT2D eigenvalue weighted by molar-refractivity contribution is -0.121. The molecule has 23 heavy (non-hydrogen) atoms. The Bertz CT molecular complexity index is 459. The maximum atomic E-state index is 11.8. The van der Waals surface area contributed by atoms with Gasteiger partial charge in [-0.05, 0) is 12.0 Å². The van der Waals surface area contributed by atoms with Gasteiger partial charge in [0.05, 0.1) is 0 Å². The molecular weight excluding hydrogens is 288 g/mol. The molecule has 0 saturated heterocycles. The van der Waals surface area contributed by atoms with Crippen LogP contribution in [0.4, 0.5) is 0 Å². The SMILES string of the molecule is CCCCCCNC(=NC)NCCC(=O)NCc1ccccc1. The summed E-state index contributed by atoms with van der Waals surface area (Å²) in [4.78, 5) is 16.0. The van der Waals surface area contributed by atoms with Gasteiger partial charge >= 0.3 is 0 Å². The van der Waals surface area contributed by atoms with Gasteiger partial charge in [0.15, 0.2) is 5.96 Å². The van der Waals surface area contributed by atoms with Gasteiger partial charge in [0.1, 0.15) is 0 Å². The van der Waals surface area contributed by atoms with Crippen LogP contribution in [0.3, 0.4) is 0 Å². The van der Waals surface area contributed by atoms with Crippen molar-refractivity contribution in [3.05, 3.63) is 35.9 Å². The molecule has 0 radical (unpaired) electrons. The minimum absolute atomic E-state index is 0.0414. The van der Waals surface area contributed by atoms with Crippen molar-refractivity contribution in [3.63, 3.8) is 0 Å². The first-order valence-electron chi connectivity index (χ1n) is 8.51. The number of aliphatic imine (C=N–C) groups is 1. The van der Waals surface area contributed by atoms with E-state index in [0.29, 0.717) is 19.5 Å². The third-order valence-corrected chi connectivity index (χ3v) is 3.52. The summed E-state index contributed by atoms with van der Waals surface area (Å²) >= 11 is 0. The molecule has 0 fully saturated rings. The second kappa shape index (κ2) is 12.5. The summed E-state index contributed by atoms with van der Waals surface area (Å²) < 4.78 is 0. The van der Waals surface area contributed by atoms with Crippen molar-refractivity contribution in [2.45, 2.75) is 45.6 Å². The van der Waals surface area contributed by atoms with Crippen LogP contribution in [0.2, 0.25) is 0 Å². The molecule has 0 heterocycles. The molecule has 0 aromatic heterocycles. The highest BCUT2D eigenvalue weighted by molar-refractivity contribution is 5.81. The molecule has 0 unspecified atom stereocenters. The molecule has 1 amide bonds. The van der Waals surface area contributed by atoms with Crippen molar-refractivity contribution in [1.82, 2.24) is 16.0 Å². The normalized spacial score (nSPS) is 11.1. The highest BCUT2D eigenvalue weighted by Gasteiger charge is 2.02. The van der Waals surface area contributed by atoms with Gasteiger partial charge in [-0.2, -0.15) is 0 Å². The monoisotopic (exact) mass is 318 g/mol. The Morgan fingerprint density at radius 2 is 1.74 bits per heavy atom. The summed E-state index contributed by atoms with van der Waals surface area (Å²) in [5, 5.41) is 9.35. The Morgan fingerprint density at radius 3 is 2.43 bits per heavy atom. The average molecular weight is 318 g/mol. The Hall–Kier alpha value is -2.04. The first-order chi connectivity index (χ1) is 11.3. The van der Waals surface area contributed by atoms with Gasteiger partial charge < -0.3 is 16.0 Å². The summed E-state index contributed by atoms with van der Waals surface area (Å²) in [5.74, 6) is 0.803. The van der Waals surface area contributed by atoms with E-state index < -0.39 is 0 Å². The Balaban J connectivity index is 2.10. The minimum Gasteiger partial charge on any atom is -0.356 e. The maximum absolute atomic E-state index is 11.8. The zero-order valence-electron chi connectivity index (χ0n) is 14.4. The topological polar surface area (TPSA) is 65.5 Å². The number of amides is 1. The fraction of sp³-hybridized carbons (Fsp3) is 0.556. The van der Waals surface area contributed by atoms with Crippen LogP contribution in [-0.2, 0) is 11.3 Å². The van der Waals surface area contributed by atoms with Crippen molar-refractivity contribution in [2.24, 2.45) is 4.99 Å². The number of rotatable bonds is 10. The zero-order valence-corrected chi connectivity index (χ0v) is 14.4. The smallest absolute Gasteiger partial charge is 0.222 e. The fourth-order valence-corrected chi connectivity index (χ4v) is 2.16. The van der Waals surface area contributed by atoms with Crippen molar-refractivity contribution >= 4 is 11.9 Å². The quantitative estimate of drug-likeness (QED) is 0.353. The molecule has 5 nitrogen and oxygen atoms in total. The highest BCUT2D eigenvalue weighted by Crippen LogP contribution is 1.98. The van der Waals surface area contributed by atoms with Gasteiger partial charge in [-0.1, -0.05) is 56.5 Å². The molecule has 1 rings (SSSR count). The van der Waals surface area contributed by atoms with Crippen LogP contribution in [0.15, 0.2) is 35.3 Å². The summed E-state index contributed by atoms with van der Waals surface area (Å²) in [6.45, 7) is 4.27. The third kappa shape index (κ3) is 9.55. The third-order valence-electron chi connectivity index (χ3n) is 3.52. The summed E-state index contributed by atoms with van der Waals surface area (Å²) in [6, 6.07) is 9.92. The second-order valence-electron chi connectivity index (χ2n) is 5.50. The van der Waals surface area contributed by atoms with E-state index >= 15 is 0 Å². The molecule has 0 bridgehead atoms. The lowest BCUT2D eigenvalue weighted by Gasteiger charge is -2.11. The minimum atomic E-state index is 0.0414. The molecule has 0 spiro atoms. The molecule has 0 aliphatic rings. The lowest BCUT2D eigenvalue weighted by Crippen LogP contribution is -2.39. The van der Waals surface area contributed by atoms with Crippen LogP contribution in [0.1, 0.15) is 44.6 Å². The number of carbonyl (C=O) groups is 1. The number of guanidine groups is 1. The van der Waals surface area contributed by atoms with Gasteiger partial charge in [-0.15, -0.1) is 0 Å². The van der Waals surface area contributed by atoms with E-state index in [-0.39, 0.29) is 5.91 Å². The van der Waals surface area contributed by atoms with E-state index in [1.165, 1.54) is 19.3 Å². The molecule has 5 heteroatoms. The van der Waals surface area contributed by atoms with Crippen LogP contribution in [0.25, 0.3) is 0 Å². The molecule has 0 saturated carbocycles. The predicted octanol–water partition coefficient (Wildman–Crippen LogP) is 2.44. The van der Waals surface area contributed by atoms with Gasteiger partial charge in [-0.3, -0.25) is 9.79 Å². The average Bonchev–Trinajstić information content (AvgIpc) is 2.59. The molecule has 0 atom stereocenters. The maximum Gasteiger partial charge on any atom is 0.222 e. The van der Waals surface area contributed by atoms with Crippen LogP contribution in [0, 0.1) is 0 Å². The van der Waals surface area contributed by atoms with Gasteiger partial charge in [0.25, 0.3) is 0 Å². The number of nitrogens with zero attached hydrogens (tertiary/aromatic N) is 1. The van der Waals surface area contributed by atoms with Crippen LogP contribution in [0.5, 0.6) is 0 Å². The summed E-state index contributed by atoms with van der Waals surface area (Å²) in [7, 11) is 1.75. The second-order valence-corrected chi connectivity index (χ2v) is 5.50. The molecule has 1 aromatic carbocycles. The van der Waals surface area contributed by atoms with Crippen LogP contribution >= 0.6 is 0 Å². The fourth-order valence-electron chi connectivity index (χ4n) is 2.16. The molecule has 0 aliphatic carbocycles. The molecular formula is C18H30N4O. The van der Waals surface area contributed by atoms with Crippen molar-refractivity contribution in [3.8, 4) is 0 Å². The lowest BCUT2D eigenvalue weighted by atomic mass is 10.2. The van der Waals surface area contributed by atoms with Crippen molar-refractivity contribution < 1.29 is 4.79 Å². The molecule has 1 aromatic rings. The molecule has 128 valence electrons. The molecule has 0 aliphatic heterocycles.